The van der Waals surface area contributed by atoms with Crippen LogP contribution in [0.1, 0.15) is 17.2 Å². The highest BCUT2D eigenvalue weighted by molar-refractivity contribution is 8.00. The van der Waals surface area contributed by atoms with E-state index in [0.29, 0.717) is 5.56 Å². The van der Waals surface area contributed by atoms with E-state index < -0.39 is 19.9 Å². The van der Waals surface area contributed by atoms with E-state index in [1.165, 1.54) is 31.0 Å². The number of hydrogen-bond donors (Lipinski definition) is 1. The van der Waals surface area contributed by atoms with Crippen molar-refractivity contribution < 1.29 is 17.9 Å². The number of sulfonamides is 1. The molecule has 10 heteroatoms. The third kappa shape index (κ3) is 6.27. The zero-order valence-electron chi connectivity index (χ0n) is 15.0. The molecule has 0 unspecified atom stereocenters. The van der Waals surface area contributed by atoms with Crippen LogP contribution in [0, 0.1) is 6.92 Å². The van der Waals surface area contributed by atoms with Gasteiger partial charge in [-0.2, -0.15) is 4.72 Å². The number of aryl methyl sites for hydroxylation is 1. The van der Waals surface area contributed by atoms with E-state index in [4.69, 9.17) is 34.8 Å². The Balaban J connectivity index is 2.31. The zero-order chi connectivity index (χ0) is 20.9. The summed E-state index contributed by atoms with van der Waals surface area (Å²) in [5.41, 5.74) is 1.30. The molecule has 28 heavy (non-hydrogen) atoms. The summed E-state index contributed by atoms with van der Waals surface area (Å²) in [7, 11) is -2.59. The molecule has 1 atom stereocenters. The van der Waals surface area contributed by atoms with Gasteiger partial charge in [-0.1, -0.05) is 65.1 Å². The van der Waals surface area contributed by atoms with E-state index in [9.17, 15) is 13.2 Å². The van der Waals surface area contributed by atoms with Crippen LogP contribution >= 0.6 is 46.6 Å². The minimum atomic E-state index is -3.91. The number of alkyl halides is 3. The lowest BCUT2D eigenvalue weighted by atomic mass is 10.1. The molecule has 152 valence electrons. The number of thioether (sulfide) groups is 1. The molecule has 0 heterocycles. The van der Waals surface area contributed by atoms with Crippen LogP contribution in [0.5, 0.6) is 0 Å². The lowest BCUT2D eigenvalue weighted by Crippen LogP contribution is -2.36. The number of carbonyl (C=O) groups excluding carboxylic acids is 1. The van der Waals surface area contributed by atoms with Crippen molar-refractivity contribution in [2.24, 2.45) is 0 Å². The molecule has 0 aliphatic heterocycles. The summed E-state index contributed by atoms with van der Waals surface area (Å²) in [6.45, 7) is 1.82. The largest absolute Gasteiger partial charge is 0.468 e. The summed E-state index contributed by atoms with van der Waals surface area (Å²) < 4.78 is 30.5. The van der Waals surface area contributed by atoms with Crippen molar-refractivity contribution in [3.8, 4) is 0 Å². The normalized spacial score (nSPS) is 13.2. The Kier molecular flexibility index (Phi) is 8.07. The van der Waals surface area contributed by atoms with Crippen LogP contribution in [-0.2, 0) is 19.6 Å². The van der Waals surface area contributed by atoms with Gasteiger partial charge in [-0.05, 0) is 36.2 Å². The van der Waals surface area contributed by atoms with Crippen LogP contribution in [0.25, 0.3) is 0 Å². The van der Waals surface area contributed by atoms with E-state index in [-0.39, 0.29) is 16.6 Å². The van der Waals surface area contributed by atoms with Crippen LogP contribution < -0.4 is 4.72 Å². The zero-order valence-corrected chi connectivity index (χ0v) is 18.9. The Hall–Kier alpha value is -0.960. The summed E-state index contributed by atoms with van der Waals surface area (Å²) in [6, 6.07) is 11.9. The van der Waals surface area contributed by atoms with Crippen LogP contribution in [-0.4, -0.2) is 31.0 Å². The van der Waals surface area contributed by atoms with E-state index in [2.05, 4.69) is 9.46 Å². The fraction of sp³-hybridized carbons (Fsp3) is 0.278. The Morgan fingerprint density at radius 1 is 1.18 bits per heavy atom. The van der Waals surface area contributed by atoms with Crippen molar-refractivity contribution in [3.63, 3.8) is 0 Å². The van der Waals surface area contributed by atoms with Gasteiger partial charge >= 0.3 is 5.97 Å². The number of halogens is 3. The molecule has 2 aromatic rings. The van der Waals surface area contributed by atoms with Crippen molar-refractivity contribution in [1.29, 1.82) is 0 Å². The van der Waals surface area contributed by atoms with Gasteiger partial charge in [0.05, 0.1) is 23.8 Å². The van der Waals surface area contributed by atoms with Gasteiger partial charge in [-0.15, -0.1) is 11.8 Å². The van der Waals surface area contributed by atoms with Gasteiger partial charge in [0.25, 0.3) is 0 Å². The van der Waals surface area contributed by atoms with Gasteiger partial charge in [-0.3, -0.25) is 4.79 Å². The molecular formula is C18H18Cl3NO4S2. The highest BCUT2D eigenvalue weighted by Crippen LogP contribution is 2.41. The molecule has 0 saturated carbocycles. The van der Waals surface area contributed by atoms with Gasteiger partial charge in [-0.25, -0.2) is 8.42 Å². The van der Waals surface area contributed by atoms with Gasteiger partial charge in [0.1, 0.15) is 0 Å². The first-order chi connectivity index (χ1) is 13.0. The molecule has 0 saturated heterocycles. The van der Waals surface area contributed by atoms with Crippen LogP contribution in [0.2, 0.25) is 0 Å². The fourth-order valence-corrected chi connectivity index (χ4v) is 5.21. The molecule has 0 bridgehead atoms. The molecule has 0 aliphatic rings. The SMILES string of the molecule is COC(=O)CSc1ccc([C@@H](NS(=O)(=O)c2ccccc2)C(Cl)(Cl)Cl)cc1C. The van der Waals surface area contributed by atoms with E-state index in [0.717, 1.165) is 10.5 Å². The molecule has 0 radical (unpaired) electrons. The molecule has 0 amide bonds. The fourth-order valence-electron chi connectivity index (χ4n) is 2.36. The summed E-state index contributed by atoms with van der Waals surface area (Å²) in [5, 5.41) is 0. The molecular weight excluding hydrogens is 465 g/mol. The Bertz CT molecular complexity index is 932. The number of hydrogen-bond acceptors (Lipinski definition) is 5. The number of benzene rings is 2. The quantitative estimate of drug-likeness (QED) is 0.353. The minimum absolute atomic E-state index is 0.0659. The Morgan fingerprint density at radius 2 is 1.82 bits per heavy atom. The predicted molar refractivity (Wildman–Crippen MR) is 114 cm³/mol. The van der Waals surface area contributed by atoms with Crippen molar-refractivity contribution in [2.75, 3.05) is 12.9 Å². The second kappa shape index (κ2) is 9.69. The van der Waals surface area contributed by atoms with E-state index in [1.807, 2.05) is 6.92 Å². The molecule has 0 spiro atoms. The molecule has 2 aromatic carbocycles. The minimum Gasteiger partial charge on any atom is -0.468 e. The number of esters is 1. The first-order valence-electron chi connectivity index (χ1n) is 7.99. The average molecular weight is 483 g/mol. The van der Waals surface area contributed by atoms with Crippen LogP contribution in [0.4, 0.5) is 0 Å². The highest BCUT2D eigenvalue weighted by Gasteiger charge is 2.37. The molecule has 0 aliphatic carbocycles. The Morgan fingerprint density at radius 3 is 2.36 bits per heavy atom. The monoisotopic (exact) mass is 481 g/mol. The first kappa shape index (κ1) is 23.3. The van der Waals surface area contributed by atoms with Crippen LogP contribution in [0.15, 0.2) is 58.3 Å². The van der Waals surface area contributed by atoms with Crippen molar-refractivity contribution in [3.05, 3.63) is 59.7 Å². The summed E-state index contributed by atoms with van der Waals surface area (Å²) in [4.78, 5) is 12.2. The van der Waals surface area contributed by atoms with Gasteiger partial charge in [0, 0.05) is 4.90 Å². The number of methoxy groups -OCH3 is 1. The standard InChI is InChI=1S/C18H18Cl3NO4S2/c1-12-10-13(8-9-15(12)27-11-16(23)26-2)17(18(19,20)21)22-28(24,25)14-6-4-3-5-7-14/h3-10,17,22H,11H2,1-2H3/t17-/m1/s1. The summed E-state index contributed by atoms with van der Waals surface area (Å²) in [5.74, 6) is -0.186. The van der Waals surface area contributed by atoms with Crippen molar-refractivity contribution in [2.45, 2.75) is 26.5 Å². The van der Waals surface area contributed by atoms with E-state index in [1.54, 1.807) is 36.4 Å². The predicted octanol–water partition coefficient (Wildman–Crippen LogP) is 4.65. The molecule has 1 N–H and O–H groups in total. The first-order valence-corrected chi connectivity index (χ1v) is 11.6. The topological polar surface area (TPSA) is 72.5 Å². The van der Waals surface area contributed by atoms with E-state index >= 15 is 0 Å². The molecule has 0 aromatic heterocycles. The number of ether oxygens (including phenoxy) is 1. The third-order valence-electron chi connectivity index (χ3n) is 3.76. The third-order valence-corrected chi connectivity index (χ3v) is 7.00. The lowest BCUT2D eigenvalue weighted by Gasteiger charge is -2.26. The second-order valence-corrected chi connectivity index (χ2v) is 10.9. The average Bonchev–Trinajstić information content (AvgIpc) is 2.64. The maximum atomic E-state index is 12.7. The Labute approximate surface area is 183 Å². The summed E-state index contributed by atoms with van der Waals surface area (Å²) >= 11 is 19.5. The summed E-state index contributed by atoms with van der Waals surface area (Å²) in [6.07, 6.45) is 0. The van der Waals surface area contributed by atoms with Crippen LogP contribution in [0.3, 0.4) is 0 Å². The van der Waals surface area contributed by atoms with Crippen molar-refractivity contribution in [1.82, 2.24) is 4.72 Å². The van der Waals surface area contributed by atoms with Gasteiger partial charge in [0.15, 0.2) is 0 Å². The van der Waals surface area contributed by atoms with Crippen molar-refractivity contribution >= 4 is 62.6 Å². The van der Waals surface area contributed by atoms with Gasteiger partial charge in [0.2, 0.25) is 13.8 Å². The maximum Gasteiger partial charge on any atom is 0.315 e. The molecule has 0 fully saturated rings. The lowest BCUT2D eigenvalue weighted by molar-refractivity contribution is -0.137. The molecule has 5 nitrogen and oxygen atoms in total. The number of rotatable bonds is 7. The smallest absolute Gasteiger partial charge is 0.315 e. The molecule has 2 rings (SSSR count). The number of carbonyl (C=O) groups is 1. The highest BCUT2D eigenvalue weighted by atomic mass is 35.6. The number of nitrogens with one attached hydrogen (secondary N) is 1. The second-order valence-electron chi connectivity index (χ2n) is 5.80. The van der Waals surface area contributed by atoms with Gasteiger partial charge < -0.3 is 4.74 Å². The maximum absolute atomic E-state index is 12.7.